The molecular formula is C11H19NO2S. The van der Waals surface area contributed by atoms with Gasteiger partial charge in [0.05, 0.1) is 4.91 Å². The van der Waals surface area contributed by atoms with E-state index in [9.17, 15) is 8.42 Å². The Hall–Kier alpha value is -0.610. The zero-order valence-corrected chi connectivity index (χ0v) is 9.96. The summed E-state index contributed by atoms with van der Waals surface area (Å²) in [5.74, 6) is 0.378. The molecule has 0 heterocycles. The van der Waals surface area contributed by atoms with Crippen LogP contribution in [0.1, 0.15) is 39.0 Å². The predicted molar refractivity (Wildman–Crippen MR) is 62.6 cm³/mol. The van der Waals surface area contributed by atoms with Crippen molar-refractivity contribution in [1.82, 2.24) is 0 Å². The summed E-state index contributed by atoms with van der Waals surface area (Å²) in [5, 5.41) is 5.14. The van der Waals surface area contributed by atoms with Crippen LogP contribution in [-0.4, -0.2) is 8.42 Å². The SMILES string of the molecule is C/C=C\C(=C/C1CCCCC1)S(N)(=O)=O. The molecular weight excluding hydrogens is 210 g/mol. The zero-order chi connectivity index (χ0) is 11.3. The highest BCUT2D eigenvalue weighted by atomic mass is 32.2. The first-order valence-corrected chi connectivity index (χ1v) is 6.96. The zero-order valence-electron chi connectivity index (χ0n) is 9.15. The summed E-state index contributed by atoms with van der Waals surface area (Å²) >= 11 is 0. The van der Waals surface area contributed by atoms with Crippen LogP contribution in [0, 0.1) is 5.92 Å². The number of sulfonamides is 1. The maximum absolute atomic E-state index is 11.3. The molecule has 0 aliphatic heterocycles. The average molecular weight is 229 g/mol. The van der Waals surface area contributed by atoms with Crippen LogP contribution in [-0.2, 0) is 10.0 Å². The molecule has 0 radical (unpaired) electrons. The van der Waals surface area contributed by atoms with E-state index in [-0.39, 0.29) is 4.91 Å². The van der Waals surface area contributed by atoms with Gasteiger partial charge in [0.1, 0.15) is 0 Å². The number of rotatable bonds is 3. The van der Waals surface area contributed by atoms with Crippen LogP contribution in [0.2, 0.25) is 0 Å². The molecule has 4 heteroatoms. The van der Waals surface area contributed by atoms with Crippen molar-refractivity contribution in [2.24, 2.45) is 11.1 Å². The van der Waals surface area contributed by atoms with Crippen molar-refractivity contribution in [3.8, 4) is 0 Å². The minimum absolute atomic E-state index is 0.261. The summed E-state index contributed by atoms with van der Waals surface area (Å²) in [6.45, 7) is 1.79. The summed E-state index contributed by atoms with van der Waals surface area (Å²) in [4.78, 5) is 0.261. The Kier molecular flexibility index (Phi) is 4.54. The van der Waals surface area contributed by atoms with Crippen molar-refractivity contribution in [1.29, 1.82) is 0 Å². The molecule has 0 saturated heterocycles. The van der Waals surface area contributed by atoms with Crippen molar-refractivity contribution < 1.29 is 8.42 Å². The van der Waals surface area contributed by atoms with Gasteiger partial charge >= 0.3 is 0 Å². The molecule has 86 valence electrons. The maximum atomic E-state index is 11.3. The summed E-state index contributed by atoms with van der Waals surface area (Å²) in [6, 6.07) is 0. The Morgan fingerprint density at radius 2 is 1.87 bits per heavy atom. The lowest BCUT2D eigenvalue weighted by Gasteiger charge is -2.18. The minimum atomic E-state index is -3.55. The fourth-order valence-corrected chi connectivity index (χ4v) is 2.65. The molecule has 0 atom stereocenters. The van der Waals surface area contributed by atoms with E-state index in [1.165, 1.54) is 19.3 Å². The van der Waals surface area contributed by atoms with Crippen molar-refractivity contribution in [2.45, 2.75) is 39.0 Å². The molecule has 0 aromatic rings. The van der Waals surface area contributed by atoms with E-state index in [1.54, 1.807) is 19.1 Å². The molecule has 0 bridgehead atoms. The van der Waals surface area contributed by atoms with E-state index < -0.39 is 10.0 Å². The number of nitrogens with two attached hydrogens (primary N) is 1. The van der Waals surface area contributed by atoms with Crippen LogP contribution in [0.25, 0.3) is 0 Å². The largest absolute Gasteiger partial charge is 0.237 e. The van der Waals surface area contributed by atoms with Gasteiger partial charge in [-0.3, -0.25) is 0 Å². The van der Waals surface area contributed by atoms with Crippen LogP contribution in [0.4, 0.5) is 0 Å². The second kappa shape index (κ2) is 5.47. The quantitative estimate of drug-likeness (QED) is 0.755. The van der Waals surface area contributed by atoms with Crippen LogP contribution >= 0.6 is 0 Å². The van der Waals surface area contributed by atoms with Crippen LogP contribution in [0.15, 0.2) is 23.1 Å². The molecule has 0 spiro atoms. The van der Waals surface area contributed by atoms with Crippen LogP contribution < -0.4 is 5.14 Å². The molecule has 3 nitrogen and oxygen atoms in total. The smallest absolute Gasteiger partial charge is 0.225 e. The topological polar surface area (TPSA) is 60.2 Å². The minimum Gasteiger partial charge on any atom is -0.225 e. The number of primary sulfonamides is 1. The first-order chi connectivity index (χ1) is 7.04. The number of allylic oxidation sites excluding steroid dienone is 3. The van der Waals surface area contributed by atoms with Crippen molar-refractivity contribution in [2.75, 3.05) is 0 Å². The third-order valence-corrected chi connectivity index (χ3v) is 3.64. The molecule has 15 heavy (non-hydrogen) atoms. The number of hydrogen-bond acceptors (Lipinski definition) is 2. The van der Waals surface area contributed by atoms with Crippen LogP contribution in [0.5, 0.6) is 0 Å². The molecule has 0 aromatic carbocycles. The molecule has 0 amide bonds. The Morgan fingerprint density at radius 1 is 1.27 bits per heavy atom. The average Bonchev–Trinajstić information content (AvgIpc) is 2.17. The van der Waals surface area contributed by atoms with Gasteiger partial charge in [-0.25, -0.2) is 13.6 Å². The normalized spacial score (nSPS) is 21.1. The van der Waals surface area contributed by atoms with Gasteiger partial charge in [-0.2, -0.15) is 0 Å². The molecule has 1 aliphatic carbocycles. The standard InChI is InChI=1S/C11H19NO2S/c1-2-6-11(15(12,13)14)9-10-7-4-3-5-8-10/h2,6,9-10H,3-5,7-8H2,1H3,(H2,12,13,14)/b6-2-,11-9+. The molecule has 2 N–H and O–H groups in total. The third kappa shape index (κ3) is 4.18. The van der Waals surface area contributed by atoms with Gasteiger partial charge in [0.2, 0.25) is 10.0 Å². The van der Waals surface area contributed by atoms with Gasteiger partial charge in [0.15, 0.2) is 0 Å². The third-order valence-electron chi connectivity index (χ3n) is 2.71. The van der Waals surface area contributed by atoms with Gasteiger partial charge in [-0.05, 0) is 31.8 Å². The summed E-state index contributed by atoms with van der Waals surface area (Å²) in [7, 11) is -3.55. The van der Waals surface area contributed by atoms with E-state index in [1.807, 2.05) is 6.08 Å². The van der Waals surface area contributed by atoms with Crippen molar-refractivity contribution in [3.63, 3.8) is 0 Å². The highest BCUT2D eigenvalue weighted by Gasteiger charge is 2.15. The maximum Gasteiger partial charge on any atom is 0.237 e. The van der Waals surface area contributed by atoms with E-state index in [0.717, 1.165) is 12.8 Å². The van der Waals surface area contributed by atoms with Gasteiger partial charge in [-0.15, -0.1) is 0 Å². The first kappa shape index (κ1) is 12.5. The van der Waals surface area contributed by atoms with Gasteiger partial charge in [-0.1, -0.05) is 31.4 Å². The fourth-order valence-electron chi connectivity index (χ4n) is 1.94. The molecule has 0 aromatic heterocycles. The Labute approximate surface area is 92.1 Å². The highest BCUT2D eigenvalue weighted by Crippen LogP contribution is 2.26. The summed E-state index contributed by atoms with van der Waals surface area (Å²) in [6.07, 6.45) is 10.9. The van der Waals surface area contributed by atoms with Crippen molar-refractivity contribution in [3.05, 3.63) is 23.1 Å². The second-order valence-corrected chi connectivity index (χ2v) is 5.57. The lowest BCUT2D eigenvalue weighted by Crippen LogP contribution is -2.15. The Morgan fingerprint density at radius 3 is 2.33 bits per heavy atom. The molecule has 1 aliphatic rings. The Balaban J connectivity index is 2.83. The highest BCUT2D eigenvalue weighted by molar-refractivity contribution is 7.93. The van der Waals surface area contributed by atoms with E-state index in [2.05, 4.69) is 0 Å². The monoisotopic (exact) mass is 229 g/mol. The predicted octanol–water partition coefficient (Wildman–Crippen LogP) is 2.32. The summed E-state index contributed by atoms with van der Waals surface area (Å²) in [5.41, 5.74) is 0. The molecule has 1 fully saturated rings. The molecule has 1 saturated carbocycles. The van der Waals surface area contributed by atoms with E-state index >= 15 is 0 Å². The van der Waals surface area contributed by atoms with Gasteiger partial charge in [0.25, 0.3) is 0 Å². The molecule has 0 unspecified atom stereocenters. The first-order valence-electron chi connectivity index (χ1n) is 5.41. The summed E-state index contributed by atoms with van der Waals surface area (Å²) < 4.78 is 22.5. The van der Waals surface area contributed by atoms with Crippen LogP contribution in [0.3, 0.4) is 0 Å². The van der Waals surface area contributed by atoms with E-state index in [0.29, 0.717) is 5.92 Å². The fraction of sp³-hybridized carbons (Fsp3) is 0.636. The lowest BCUT2D eigenvalue weighted by atomic mass is 9.89. The van der Waals surface area contributed by atoms with Gasteiger partial charge < -0.3 is 0 Å². The molecule has 1 rings (SSSR count). The lowest BCUT2D eigenvalue weighted by molar-refractivity contribution is 0.419. The van der Waals surface area contributed by atoms with E-state index in [4.69, 9.17) is 5.14 Å². The number of hydrogen-bond donors (Lipinski definition) is 1. The van der Waals surface area contributed by atoms with Gasteiger partial charge in [0, 0.05) is 0 Å². The second-order valence-electron chi connectivity index (χ2n) is 4.01. The Bertz CT molecular complexity index is 349. The van der Waals surface area contributed by atoms with Crippen molar-refractivity contribution >= 4 is 10.0 Å².